The summed E-state index contributed by atoms with van der Waals surface area (Å²) in [7, 11) is 0. The molecule has 0 spiro atoms. The van der Waals surface area contributed by atoms with Gasteiger partial charge in [-0.1, -0.05) is 133 Å². The zero-order chi connectivity index (χ0) is 38.9. The summed E-state index contributed by atoms with van der Waals surface area (Å²) in [5.41, 5.74) is 17.8. The average Bonchev–Trinajstić information content (AvgIpc) is 3.95. The van der Waals surface area contributed by atoms with Gasteiger partial charge in [0.15, 0.2) is 0 Å². The Bertz CT molecular complexity index is 3070. The highest BCUT2D eigenvalue weighted by Gasteiger charge is 2.24. The third-order valence-electron chi connectivity index (χ3n) is 11.3. The summed E-state index contributed by atoms with van der Waals surface area (Å²) in [5, 5.41) is 5.12. The van der Waals surface area contributed by atoms with Gasteiger partial charge in [-0.3, -0.25) is 0 Å². The molecule has 1 aliphatic carbocycles. The second-order valence-corrected chi connectivity index (χ2v) is 14.4. The summed E-state index contributed by atoms with van der Waals surface area (Å²) >= 11 is 3.53. The quantitative estimate of drug-likeness (QED) is 0.136. The van der Waals surface area contributed by atoms with Crippen molar-refractivity contribution in [3.05, 3.63) is 205 Å². The molecule has 0 radical (unpaired) electrons. The molecule has 0 atom stereocenters. The molecule has 0 amide bonds. The maximum absolute atomic E-state index is 3.53. The molecule has 8 aromatic carbocycles. The maximum Gasteiger partial charge on any atom is 0.0541 e. The molecule has 57 heavy (non-hydrogen) atoms. The largest absolute Gasteiger partial charge is 0.309 e. The summed E-state index contributed by atoms with van der Waals surface area (Å²) in [5.74, 6) is 0. The summed E-state index contributed by atoms with van der Waals surface area (Å²) in [6.45, 7) is 4.00. The molecular weight excluding hydrogens is 709 g/mol. The first-order valence-electron chi connectivity index (χ1n) is 19.7. The summed E-state index contributed by atoms with van der Waals surface area (Å²) in [6.07, 6.45) is 6.61. The number of hydrogen-bond donors (Lipinski definition) is 1. The van der Waals surface area contributed by atoms with Gasteiger partial charge in [-0.15, -0.1) is 0 Å². The van der Waals surface area contributed by atoms with E-state index in [-0.39, 0.29) is 0 Å². The lowest BCUT2D eigenvalue weighted by atomic mass is 9.97. The van der Waals surface area contributed by atoms with Crippen molar-refractivity contribution in [3.63, 3.8) is 0 Å². The van der Waals surface area contributed by atoms with Gasteiger partial charge in [0.25, 0.3) is 0 Å². The van der Waals surface area contributed by atoms with E-state index in [4.69, 9.17) is 0 Å². The third-order valence-corrected chi connectivity index (χ3v) is 11.3. The van der Waals surface area contributed by atoms with Crippen LogP contribution in [-0.4, -0.2) is 15.4 Å². The highest BCUT2D eigenvalue weighted by atomic mass is 32.1. The number of nitrogens with zero attached hydrogens (tertiary/aromatic N) is 2. The number of rotatable bonds is 4. The van der Waals surface area contributed by atoms with Gasteiger partial charge in [-0.2, -0.15) is 12.6 Å². The van der Waals surface area contributed by atoms with Crippen LogP contribution in [0.4, 0.5) is 0 Å². The van der Waals surface area contributed by atoms with Crippen LogP contribution in [0.2, 0.25) is 0 Å². The molecule has 0 fully saturated rings. The van der Waals surface area contributed by atoms with Crippen LogP contribution < -0.4 is 0 Å². The second kappa shape index (κ2) is 15.5. The first kappa shape index (κ1) is 36.1. The second-order valence-electron chi connectivity index (χ2n) is 14.4. The Hall–Kier alpha value is -6.55. The molecule has 0 bridgehead atoms. The van der Waals surface area contributed by atoms with Gasteiger partial charge < -0.3 is 9.13 Å². The molecular formula is C54H44N2S. The van der Waals surface area contributed by atoms with Crippen molar-refractivity contribution in [1.29, 1.82) is 0 Å². The molecule has 1 aliphatic rings. The molecule has 0 N–H and O–H groups in total. The number of aromatic nitrogens is 2. The van der Waals surface area contributed by atoms with E-state index in [1.54, 1.807) is 6.26 Å². The summed E-state index contributed by atoms with van der Waals surface area (Å²) in [4.78, 5) is 0. The van der Waals surface area contributed by atoms with E-state index in [2.05, 4.69) is 204 Å². The van der Waals surface area contributed by atoms with E-state index in [9.17, 15) is 0 Å². The number of thiol groups is 1. The molecule has 2 heterocycles. The minimum absolute atomic E-state index is 0.917. The fourth-order valence-electron chi connectivity index (χ4n) is 8.62. The van der Waals surface area contributed by atoms with E-state index in [0.717, 1.165) is 6.42 Å². The molecule has 0 aliphatic heterocycles. The molecule has 0 saturated carbocycles. The topological polar surface area (TPSA) is 9.86 Å². The van der Waals surface area contributed by atoms with Gasteiger partial charge in [0.05, 0.1) is 27.8 Å². The van der Waals surface area contributed by atoms with Gasteiger partial charge in [0.2, 0.25) is 0 Å². The summed E-state index contributed by atoms with van der Waals surface area (Å²) < 4.78 is 4.87. The molecule has 3 heteroatoms. The normalized spacial score (nSPS) is 11.7. The zero-order valence-electron chi connectivity index (χ0n) is 32.5. The van der Waals surface area contributed by atoms with Gasteiger partial charge in [0, 0.05) is 33.7 Å². The summed E-state index contributed by atoms with van der Waals surface area (Å²) in [6, 6.07) is 66.8. The van der Waals surface area contributed by atoms with Crippen LogP contribution in [0.15, 0.2) is 194 Å². The van der Waals surface area contributed by atoms with Gasteiger partial charge in [-0.25, -0.2) is 0 Å². The van der Waals surface area contributed by atoms with E-state index in [1.807, 2.05) is 26.0 Å². The first-order valence-corrected chi connectivity index (χ1v) is 20.6. The number of allylic oxidation sites excluding steroid dienone is 2. The smallest absolute Gasteiger partial charge is 0.0541 e. The molecule has 0 unspecified atom stereocenters. The fourth-order valence-corrected chi connectivity index (χ4v) is 8.62. The number of hydrogen-bond acceptors (Lipinski definition) is 1. The Morgan fingerprint density at radius 2 is 0.912 bits per heavy atom. The van der Waals surface area contributed by atoms with E-state index in [0.29, 0.717) is 0 Å². The molecule has 10 aromatic rings. The maximum atomic E-state index is 3.53. The molecule has 11 rings (SSSR count). The highest BCUT2D eigenvalue weighted by molar-refractivity contribution is 7.79. The standard InChI is InChI=1S/C49H32N2.C4H8.CH4S/c1-3-12-32(13-4-1)33-24-27-49-44(29-33)40-17-8-10-20-46(40)51(49)47-21-11-18-38-41-28-34(22-23-36(41)31-42(38)47)35-25-26-48-43(30-35)39-16-7-9-19-45(39)50(48)37-14-5-2-6-15-37;1-3-4-2;1-2/h1-30H,31H2;3-4H,1-2H3;2H,1H3/b;4-3+;. The van der Waals surface area contributed by atoms with E-state index >= 15 is 0 Å². The SMILES string of the molecule is C/C=C/C.CS.c1ccc(-c2ccc3c(c2)c2ccccc2n3-c2cccc3c2Cc2ccc(-c4ccc5c(c4)c4ccccc4n5-c4ccccc4)cc2-3)cc1. The third kappa shape index (κ3) is 6.25. The van der Waals surface area contributed by atoms with Crippen molar-refractivity contribution in [3.8, 4) is 44.8 Å². The van der Waals surface area contributed by atoms with Crippen molar-refractivity contribution >= 4 is 56.2 Å². The lowest BCUT2D eigenvalue weighted by Gasteiger charge is -2.13. The van der Waals surface area contributed by atoms with Crippen molar-refractivity contribution in [2.75, 3.05) is 6.26 Å². The molecule has 2 aromatic heterocycles. The molecule has 2 nitrogen and oxygen atoms in total. The van der Waals surface area contributed by atoms with Crippen molar-refractivity contribution < 1.29 is 0 Å². The number of fused-ring (bicyclic) bond motifs is 9. The predicted molar refractivity (Wildman–Crippen MR) is 250 cm³/mol. The van der Waals surface area contributed by atoms with Gasteiger partial charge >= 0.3 is 0 Å². The molecule has 276 valence electrons. The lowest BCUT2D eigenvalue weighted by Crippen LogP contribution is -1.99. The van der Waals surface area contributed by atoms with Gasteiger partial charge in [-0.05, 0) is 125 Å². The number of para-hydroxylation sites is 3. The van der Waals surface area contributed by atoms with E-state index in [1.165, 1.54) is 99.5 Å². The Kier molecular flexibility index (Phi) is 9.84. The van der Waals surface area contributed by atoms with Crippen LogP contribution in [-0.2, 0) is 6.42 Å². The number of benzene rings is 8. The highest BCUT2D eigenvalue weighted by Crippen LogP contribution is 2.44. The average molecular weight is 753 g/mol. The van der Waals surface area contributed by atoms with Crippen molar-refractivity contribution in [2.24, 2.45) is 0 Å². The van der Waals surface area contributed by atoms with Crippen LogP contribution in [0.1, 0.15) is 25.0 Å². The first-order chi connectivity index (χ1) is 28.2. The monoisotopic (exact) mass is 752 g/mol. The fraction of sp³-hybridized carbons (Fsp3) is 0.0741. The lowest BCUT2D eigenvalue weighted by molar-refractivity contribution is 1.12. The van der Waals surface area contributed by atoms with Crippen LogP contribution in [0.25, 0.3) is 88.4 Å². The Morgan fingerprint density at radius 3 is 1.56 bits per heavy atom. The van der Waals surface area contributed by atoms with E-state index < -0.39 is 0 Å². The minimum Gasteiger partial charge on any atom is -0.309 e. The Morgan fingerprint density at radius 1 is 0.404 bits per heavy atom. The van der Waals surface area contributed by atoms with Crippen molar-refractivity contribution in [1.82, 2.24) is 9.13 Å². The minimum atomic E-state index is 0.917. The van der Waals surface area contributed by atoms with Crippen LogP contribution in [0.5, 0.6) is 0 Å². The zero-order valence-corrected chi connectivity index (χ0v) is 33.4. The Labute approximate surface area is 340 Å². The van der Waals surface area contributed by atoms with Crippen molar-refractivity contribution in [2.45, 2.75) is 20.3 Å². The van der Waals surface area contributed by atoms with Crippen LogP contribution >= 0.6 is 12.6 Å². The van der Waals surface area contributed by atoms with Crippen LogP contribution in [0.3, 0.4) is 0 Å². The van der Waals surface area contributed by atoms with Crippen LogP contribution in [0, 0.1) is 0 Å². The molecule has 0 saturated heterocycles. The Balaban J connectivity index is 0.000000666. The van der Waals surface area contributed by atoms with Gasteiger partial charge in [0.1, 0.15) is 0 Å². The predicted octanol–water partition coefficient (Wildman–Crippen LogP) is 14.9.